The van der Waals surface area contributed by atoms with Crippen LogP contribution in [0.25, 0.3) is 11.3 Å². The first-order chi connectivity index (χ1) is 18.1. The lowest BCUT2D eigenvalue weighted by molar-refractivity contribution is 0.0988. The third-order valence-electron chi connectivity index (χ3n) is 6.96. The second-order valence-electron chi connectivity index (χ2n) is 9.50. The van der Waals surface area contributed by atoms with Gasteiger partial charge in [0.05, 0.1) is 18.4 Å². The maximum absolute atomic E-state index is 14.6. The van der Waals surface area contributed by atoms with Crippen LogP contribution in [0.2, 0.25) is 0 Å². The second-order valence-corrected chi connectivity index (χ2v) is 9.50. The number of carbonyl (C=O) groups excluding carboxylic acids is 2. The van der Waals surface area contributed by atoms with Crippen molar-refractivity contribution >= 4 is 17.6 Å². The van der Waals surface area contributed by atoms with E-state index < -0.39 is 40.6 Å². The third-order valence-corrected chi connectivity index (χ3v) is 6.96. The van der Waals surface area contributed by atoms with Gasteiger partial charge in [-0.3, -0.25) is 9.78 Å². The summed E-state index contributed by atoms with van der Waals surface area (Å²) < 4.78 is 48.0. The van der Waals surface area contributed by atoms with E-state index in [9.17, 15) is 22.8 Å². The molecule has 200 valence electrons. The van der Waals surface area contributed by atoms with Crippen molar-refractivity contribution in [2.24, 2.45) is 11.7 Å². The zero-order chi connectivity index (χ0) is 27.6. The van der Waals surface area contributed by atoms with Crippen molar-refractivity contribution in [2.45, 2.75) is 44.2 Å². The normalized spacial score (nSPS) is 21.1. The lowest BCUT2D eigenvalue weighted by atomic mass is 9.72. The van der Waals surface area contributed by atoms with E-state index in [1.807, 2.05) is 13.0 Å². The van der Waals surface area contributed by atoms with E-state index in [2.05, 4.69) is 15.3 Å². The van der Waals surface area contributed by atoms with Gasteiger partial charge in [-0.15, -0.1) is 0 Å². The summed E-state index contributed by atoms with van der Waals surface area (Å²) in [6, 6.07) is 5.11. The Labute approximate surface area is 217 Å². The molecule has 1 aliphatic carbocycles. The minimum Gasteiger partial charge on any atom is -0.453 e. The lowest BCUT2D eigenvalue weighted by Crippen LogP contribution is -2.54. The molecule has 1 aromatic carbocycles. The third kappa shape index (κ3) is 5.47. The van der Waals surface area contributed by atoms with Crippen molar-refractivity contribution in [3.8, 4) is 11.3 Å². The molecule has 2 heterocycles. The van der Waals surface area contributed by atoms with E-state index >= 15 is 0 Å². The quantitative estimate of drug-likeness (QED) is 0.411. The minimum atomic E-state index is -1.05. The van der Waals surface area contributed by atoms with E-state index in [0.717, 1.165) is 29.8 Å². The smallest absolute Gasteiger partial charge is 0.407 e. The molecule has 1 amide bonds. The van der Waals surface area contributed by atoms with Crippen molar-refractivity contribution in [3.63, 3.8) is 0 Å². The van der Waals surface area contributed by atoms with Gasteiger partial charge in [0.25, 0.3) is 0 Å². The van der Waals surface area contributed by atoms with Crippen LogP contribution in [0.1, 0.15) is 47.3 Å². The molecule has 0 radical (unpaired) electrons. The lowest BCUT2D eigenvalue weighted by Gasteiger charge is -2.39. The minimum absolute atomic E-state index is 0.0206. The number of amides is 1. The Balaban J connectivity index is 1.61. The standard InChI is InChI=1S/C27H28F3N5O3/c1-13-8-14(9-20(31)24(13)35-27(37)38-2)16-6-7-33-12-15(16)10-22(36)26-21(32)11-19(30)25(34-26)23-17(28)4-3-5-18(23)29/h3-7,11-14,20,24H,8-10,31-32H2,1-2H3,(H,35,37)/t13-,14+,20+,24-/m0/s1. The molecular formula is C27H28F3N5O3. The first-order valence-corrected chi connectivity index (χ1v) is 12.1. The number of nitrogen functional groups attached to an aromatic ring is 1. The Hall–Kier alpha value is -3.99. The highest BCUT2D eigenvalue weighted by atomic mass is 19.1. The number of aromatic nitrogens is 2. The number of nitrogens with zero attached hydrogens (tertiary/aromatic N) is 2. The number of pyridine rings is 2. The van der Waals surface area contributed by atoms with E-state index in [4.69, 9.17) is 16.2 Å². The molecule has 11 heteroatoms. The summed E-state index contributed by atoms with van der Waals surface area (Å²) in [6.45, 7) is 1.98. The molecule has 0 bridgehead atoms. The van der Waals surface area contributed by atoms with Crippen LogP contribution in [0, 0.1) is 23.4 Å². The molecule has 5 N–H and O–H groups in total. The molecule has 0 spiro atoms. The van der Waals surface area contributed by atoms with Crippen molar-refractivity contribution in [1.82, 2.24) is 15.3 Å². The fraction of sp³-hybridized carbons (Fsp3) is 0.333. The highest BCUT2D eigenvalue weighted by molar-refractivity contribution is 6.00. The summed E-state index contributed by atoms with van der Waals surface area (Å²) in [5.41, 5.74) is 11.9. The molecule has 4 atom stereocenters. The van der Waals surface area contributed by atoms with E-state index in [0.29, 0.717) is 18.4 Å². The maximum Gasteiger partial charge on any atom is 0.407 e. The van der Waals surface area contributed by atoms with Gasteiger partial charge >= 0.3 is 6.09 Å². The zero-order valence-electron chi connectivity index (χ0n) is 20.9. The van der Waals surface area contributed by atoms with Crippen LogP contribution in [0.4, 0.5) is 23.7 Å². The maximum atomic E-state index is 14.6. The number of rotatable bonds is 6. The molecule has 1 fully saturated rings. The second kappa shape index (κ2) is 11.2. The van der Waals surface area contributed by atoms with Crippen molar-refractivity contribution < 1.29 is 27.5 Å². The highest BCUT2D eigenvalue weighted by Gasteiger charge is 2.36. The fourth-order valence-corrected chi connectivity index (χ4v) is 5.15. The van der Waals surface area contributed by atoms with Crippen LogP contribution < -0.4 is 16.8 Å². The first-order valence-electron chi connectivity index (χ1n) is 12.1. The van der Waals surface area contributed by atoms with E-state index in [-0.39, 0.29) is 41.7 Å². The molecule has 1 aliphatic rings. The number of carbonyl (C=O) groups is 2. The summed E-state index contributed by atoms with van der Waals surface area (Å²) in [6.07, 6.45) is 3.67. The molecule has 38 heavy (non-hydrogen) atoms. The van der Waals surface area contributed by atoms with Gasteiger partial charge in [0.2, 0.25) is 0 Å². The first kappa shape index (κ1) is 27.1. The van der Waals surface area contributed by atoms with E-state index in [1.165, 1.54) is 7.11 Å². The van der Waals surface area contributed by atoms with Crippen LogP contribution >= 0.6 is 0 Å². The number of methoxy groups -OCH3 is 1. The molecule has 4 rings (SSSR count). The average Bonchev–Trinajstić information content (AvgIpc) is 2.87. The van der Waals surface area contributed by atoms with Gasteiger partial charge in [0, 0.05) is 37.0 Å². The summed E-state index contributed by atoms with van der Waals surface area (Å²) in [7, 11) is 1.29. The Morgan fingerprint density at radius 3 is 2.50 bits per heavy atom. The van der Waals surface area contributed by atoms with Crippen LogP contribution in [0.3, 0.4) is 0 Å². The number of nitrogens with two attached hydrogens (primary N) is 2. The molecule has 0 unspecified atom stereocenters. The van der Waals surface area contributed by atoms with Gasteiger partial charge in [-0.05, 0) is 54.0 Å². The molecule has 8 nitrogen and oxygen atoms in total. The predicted molar refractivity (Wildman–Crippen MR) is 135 cm³/mol. The van der Waals surface area contributed by atoms with Gasteiger partial charge in [-0.2, -0.15) is 0 Å². The van der Waals surface area contributed by atoms with Gasteiger partial charge in [-0.1, -0.05) is 13.0 Å². The number of Topliss-reactive ketones (excluding diaryl/α,β-unsaturated/α-hetero) is 1. The largest absolute Gasteiger partial charge is 0.453 e. The molecule has 1 saturated carbocycles. The zero-order valence-corrected chi connectivity index (χ0v) is 20.9. The number of ether oxygens (including phenoxy) is 1. The number of alkyl carbamates (subject to hydrolysis) is 1. The summed E-state index contributed by atoms with van der Waals surface area (Å²) >= 11 is 0. The topological polar surface area (TPSA) is 133 Å². The Kier molecular flexibility index (Phi) is 7.96. The number of hydrogen-bond donors (Lipinski definition) is 3. The number of anilines is 1. The van der Waals surface area contributed by atoms with Gasteiger partial charge in [-0.25, -0.2) is 22.9 Å². The summed E-state index contributed by atoms with van der Waals surface area (Å²) in [5.74, 6) is -3.65. The Morgan fingerprint density at radius 1 is 1.13 bits per heavy atom. The molecule has 3 aromatic rings. The SMILES string of the molecule is COC(=O)N[C@@H]1[C@H](N)C[C@H](c2ccncc2CC(=O)c2nc(-c3c(F)cccc3F)c(F)cc2N)C[C@@H]1C. The van der Waals surface area contributed by atoms with Crippen LogP contribution in [-0.2, 0) is 11.2 Å². The fourth-order valence-electron chi connectivity index (χ4n) is 5.15. The molecule has 0 aliphatic heterocycles. The average molecular weight is 528 g/mol. The number of benzene rings is 1. The van der Waals surface area contributed by atoms with Crippen LogP contribution in [-0.4, -0.2) is 41.0 Å². The molecule has 0 saturated heterocycles. The predicted octanol–water partition coefficient (Wildman–Crippen LogP) is 4.13. The van der Waals surface area contributed by atoms with Gasteiger partial charge in [0.15, 0.2) is 11.6 Å². The van der Waals surface area contributed by atoms with Crippen molar-refractivity contribution in [1.29, 1.82) is 0 Å². The highest BCUT2D eigenvalue weighted by Crippen LogP contribution is 2.37. The monoisotopic (exact) mass is 527 g/mol. The van der Waals surface area contributed by atoms with E-state index in [1.54, 1.807) is 12.4 Å². The van der Waals surface area contributed by atoms with Crippen molar-refractivity contribution in [3.05, 3.63) is 77.0 Å². The number of halogens is 3. The molecule has 2 aromatic heterocycles. The number of nitrogens with one attached hydrogen (secondary N) is 1. The number of hydrogen-bond acceptors (Lipinski definition) is 7. The molecular weight excluding hydrogens is 499 g/mol. The Bertz CT molecular complexity index is 1340. The van der Waals surface area contributed by atoms with Crippen LogP contribution in [0.5, 0.6) is 0 Å². The summed E-state index contributed by atoms with van der Waals surface area (Å²) in [4.78, 5) is 33.1. The van der Waals surface area contributed by atoms with Crippen LogP contribution in [0.15, 0.2) is 42.7 Å². The van der Waals surface area contributed by atoms with Gasteiger partial charge < -0.3 is 21.5 Å². The number of ketones is 1. The van der Waals surface area contributed by atoms with Crippen molar-refractivity contribution in [2.75, 3.05) is 12.8 Å². The Morgan fingerprint density at radius 2 is 1.84 bits per heavy atom. The summed E-state index contributed by atoms with van der Waals surface area (Å²) in [5, 5.41) is 2.79. The van der Waals surface area contributed by atoms with Gasteiger partial charge in [0.1, 0.15) is 23.0 Å².